The van der Waals surface area contributed by atoms with Gasteiger partial charge in [0.2, 0.25) is 0 Å². The normalized spacial score (nSPS) is 31.9. The third-order valence-corrected chi connectivity index (χ3v) is 7.02. The molecule has 2 aliphatic heterocycles. The van der Waals surface area contributed by atoms with Crippen LogP contribution >= 0.6 is 21.6 Å². The highest BCUT2D eigenvalue weighted by Gasteiger charge is 2.40. The molecule has 0 bridgehead atoms. The van der Waals surface area contributed by atoms with Gasteiger partial charge in [-0.2, -0.15) is 0 Å². The number of hydrogen-bond donors (Lipinski definition) is 2. The lowest BCUT2D eigenvalue weighted by Gasteiger charge is -2.24. The van der Waals surface area contributed by atoms with Crippen molar-refractivity contribution < 1.29 is 9.90 Å². The van der Waals surface area contributed by atoms with Crippen molar-refractivity contribution in [2.45, 2.75) is 62.2 Å². The average molecular weight is 289 g/mol. The van der Waals surface area contributed by atoms with Gasteiger partial charge in [-0.25, -0.2) is 0 Å². The summed E-state index contributed by atoms with van der Waals surface area (Å²) in [5.74, 6) is 0.657. The Balaban J connectivity index is 1.60. The average Bonchev–Trinajstić information content (AvgIpc) is 2.99. The first-order chi connectivity index (χ1) is 8.73. The van der Waals surface area contributed by atoms with E-state index in [4.69, 9.17) is 0 Å². The van der Waals surface area contributed by atoms with Crippen LogP contribution in [0.2, 0.25) is 0 Å². The van der Waals surface area contributed by atoms with E-state index in [1.54, 1.807) is 0 Å². The molecule has 0 aliphatic carbocycles. The number of carboxylic acid groups (broad SMARTS) is 1. The highest BCUT2D eigenvalue weighted by molar-refractivity contribution is 8.77. The second kappa shape index (κ2) is 7.06. The minimum atomic E-state index is -0.650. The standard InChI is InChI=1S/C13H23NO2S2/c15-12(16)13(8-4-9-14-13)7-3-1-2-5-11-6-10-17-18-11/h11,14H,1-10H2,(H,15,16). The zero-order valence-corrected chi connectivity index (χ0v) is 12.5. The van der Waals surface area contributed by atoms with Gasteiger partial charge in [-0.3, -0.25) is 4.79 Å². The van der Waals surface area contributed by atoms with Crippen LogP contribution in [0.25, 0.3) is 0 Å². The third kappa shape index (κ3) is 3.81. The summed E-state index contributed by atoms with van der Waals surface area (Å²) in [5, 5.41) is 13.4. The van der Waals surface area contributed by atoms with Crippen LogP contribution in [-0.4, -0.2) is 34.2 Å². The van der Waals surface area contributed by atoms with Crippen LogP contribution in [0.3, 0.4) is 0 Å². The molecule has 2 unspecified atom stereocenters. The van der Waals surface area contributed by atoms with E-state index in [9.17, 15) is 9.90 Å². The van der Waals surface area contributed by atoms with Crippen molar-refractivity contribution in [2.75, 3.05) is 12.3 Å². The Morgan fingerprint density at radius 3 is 2.89 bits per heavy atom. The van der Waals surface area contributed by atoms with E-state index < -0.39 is 11.5 Å². The van der Waals surface area contributed by atoms with Crippen molar-refractivity contribution >= 4 is 27.6 Å². The number of rotatable bonds is 7. The first kappa shape index (κ1) is 14.5. The molecule has 0 aromatic rings. The molecule has 3 nitrogen and oxygen atoms in total. The van der Waals surface area contributed by atoms with E-state index in [1.165, 1.54) is 31.4 Å². The van der Waals surface area contributed by atoms with Gasteiger partial charge in [0.1, 0.15) is 5.54 Å². The smallest absolute Gasteiger partial charge is 0.323 e. The fraction of sp³-hybridized carbons (Fsp3) is 0.923. The molecule has 5 heteroatoms. The maximum Gasteiger partial charge on any atom is 0.323 e. The van der Waals surface area contributed by atoms with Crippen LogP contribution in [0.5, 0.6) is 0 Å². The first-order valence-corrected chi connectivity index (χ1v) is 9.38. The summed E-state index contributed by atoms with van der Waals surface area (Å²) < 4.78 is 0. The molecule has 2 saturated heterocycles. The number of hydrogen-bond acceptors (Lipinski definition) is 4. The SMILES string of the molecule is O=C(O)C1(CCCCCC2CCSS2)CCCN1. The highest BCUT2D eigenvalue weighted by Crippen LogP contribution is 2.40. The molecular formula is C13H23NO2S2. The summed E-state index contributed by atoms with van der Waals surface area (Å²) in [6, 6.07) is 0. The topological polar surface area (TPSA) is 49.3 Å². The Kier molecular flexibility index (Phi) is 5.70. The molecule has 0 spiro atoms. The molecule has 0 saturated carbocycles. The molecule has 0 aromatic carbocycles. The number of unbranched alkanes of at least 4 members (excludes halogenated alkanes) is 2. The van der Waals surface area contributed by atoms with E-state index >= 15 is 0 Å². The minimum Gasteiger partial charge on any atom is -0.480 e. The minimum absolute atomic E-state index is 0.599. The fourth-order valence-corrected chi connectivity index (χ4v) is 5.88. The van der Waals surface area contributed by atoms with Crippen LogP contribution in [0.4, 0.5) is 0 Å². The molecule has 2 atom stereocenters. The van der Waals surface area contributed by atoms with Crippen molar-refractivity contribution in [2.24, 2.45) is 0 Å². The Morgan fingerprint density at radius 2 is 2.28 bits per heavy atom. The zero-order valence-electron chi connectivity index (χ0n) is 10.8. The van der Waals surface area contributed by atoms with Gasteiger partial charge >= 0.3 is 5.97 Å². The summed E-state index contributed by atoms with van der Waals surface area (Å²) in [5.41, 5.74) is -0.599. The van der Waals surface area contributed by atoms with Gasteiger partial charge in [0, 0.05) is 11.0 Å². The molecule has 0 aromatic heterocycles. The largest absolute Gasteiger partial charge is 0.480 e. The van der Waals surface area contributed by atoms with Crippen LogP contribution in [-0.2, 0) is 4.79 Å². The quantitative estimate of drug-likeness (QED) is 0.556. The zero-order chi connectivity index (χ0) is 12.8. The van der Waals surface area contributed by atoms with Gasteiger partial charge in [0.05, 0.1) is 0 Å². The van der Waals surface area contributed by atoms with Gasteiger partial charge < -0.3 is 10.4 Å². The molecule has 18 heavy (non-hydrogen) atoms. The first-order valence-electron chi connectivity index (χ1n) is 7.00. The van der Waals surface area contributed by atoms with E-state index in [0.717, 1.165) is 37.5 Å². The highest BCUT2D eigenvalue weighted by atomic mass is 33.1. The molecule has 2 fully saturated rings. The van der Waals surface area contributed by atoms with Crippen LogP contribution in [0.1, 0.15) is 51.4 Å². The third-order valence-electron chi connectivity index (χ3n) is 4.01. The summed E-state index contributed by atoms with van der Waals surface area (Å²) in [6.07, 6.45) is 8.76. The number of carboxylic acids is 1. The lowest BCUT2D eigenvalue weighted by Crippen LogP contribution is -2.47. The van der Waals surface area contributed by atoms with Crippen LogP contribution < -0.4 is 5.32 Å². The summed E-state index contributed by atoms with van der Waals surface area (Å²) >= 11 is 0. The van der Waals surface area contributed by atoms with Gasteiger partial charge in [0.15, 0.2) is 0 Å². The molecule has 0 amide bonds. The summed E-state index contributed by atoms with van der Waals surface area (Å²) in [6.45, 7) is 0.863. The molecule has 2 N–H and O–H groups in total. The second-order valence-electron chi connectivity index (χ2n) is 5.35. The van der Waals surface area contributed by atoms with Crippen molar-refractivity contribution in [1.82, 2.24) is 5.32 Å². The van der Waals surface area contributed by atoms with Gasteiger partial charge in [-0.05, 0) is 38.6 Å². The number of aliphatic carboxylic acids is 1. The van der Waals surface area contributed by atoms with E-state index in [1.807, 2.05) is 21.6 Å². The Bertz CT molecular complexity index is 274. The van der Waals surface area contributed by atoms with Gasteiger partial charge in [0.25, 0.3) is 0 Å². The molecule has 104 valence electrons. The lowest BCUT2D eigenvalue weighted by molar-refractivity contribution is -0.144. The Morgan fingerprint density at radius 1 is 1.39 bits per heavy atom. The van der Waals surface area contributed by atoms with Crippen molar-refractivity contribution in [1.29, 1.82) is 0 Å². The summed E-state index contributed by atoms with van der Waals surface area (Å²) in [7, 11) is 4.04. The maximum atomic E-state index is 11.3. The van der Waals surface area contributed by atoms with Crippen molar-refractivity contribution in [3.63, 3.8) is 0 Å². The van der Waals surface area contributed by atoms with E-state index in [-0.39, 0.29) is 0 Å². The Hall–Kier alpha value is 0.130. The molecular weight excluding hydrogens is 266 g/mol. The van der Waals surface area contributed by atoms with Crippen molar-refractivity contribution in [3.05, 3.63) is 0 Å². The molecule has 2 aliphatic rings. The molecule has 0 radical (unpaired) electrons. The molecule has 2 rings (SSSR count). The summed E-state index contributed by atoms with van der Waals surface area (Å²) in [4.78, 5) is 11.3. The van der Waals surface area contributed by atoms with Crippen LogP contribution in [0.15, 0.2) is 0 Å². The predicted molar refractivity (Wildman–Crippen MR) is 79.1 cm³/mol. The molecule has 2 heterocycles. The van der Waals surface area contributed by atoms with E-state index in [2.05, 4.69) is 5.32 Å². The number of carbonyl (C=O) groups is 1. The van der Waals surface area contributed by atoms with Crippen molar-refractivity contribution in [3.8, 4) is 0 Å². The van der Waals surface area contributed by atoms with Crippen LogP contribution in [0, 0.1) is 0 Å². The Labute approximate surface area is 117 Å². The monoisotopic (exact) mass is 289 g/mol. The number of nitrogens with one attached hydrogen (secondary N) is 1. The van der Waals surface area contributed by atoms with Gasteiger partial charge in [-0.15, -0.1) is 0 Å². The van der Waals surface area contributed by atoms with E-state index in [0.29, 0.717) is 0 Å². The maximum absolute atomic E-state index is 11.3. The second-order valence-corrected chi connectivity index (χ2v) is 8.13. The fourth-order valence-electron chi connectivity index (χ4n) is 2.85. The predicted octanol–water partition coefficient (Wildman–Crippen LogP) is 3.30. The van der Waals surface area contributed by atoms with Gasteiger partial charge in [-0.1, -0.05) is 40.9 Å². The lowest BCUT2D eigenvalue weighted by atomic mass is 9.90.